The second kappa shape index (κ2) is 15.2. The summed E-state index contributed by atoms with van der Waals surface area (Å²) >= 11 is 0. The van der Waals surface area contributed by atoms with Crippen molar-refractivity contribution in [3.63, 3.8) is 0 Å². The molecule has 25 heavy (non-hydrogen) atoms. The molecular weight excluding hydrogens is 320 g/mol. The quantitative estimate of drug-likeness (QED) is 0.216. The van der Waals surface area contributed by atoms with Gasteiger partial charge in [0.05, 0.1) is 25.9 Å². The van der Waals surface area contributed by atoms with Crippen molar-refractivity contribution in [2.24, 2.45) is 5.92 Å². The molecule has 0 aliphatic heterocycles. The van der Waals surface area contributed by atoms with Gasteiger partial charge >= 0.3 is 11.9 Å². The van der Waals surface area contributed by atoms with Crippen LogP contribution in [-0.4, -0.2) is 25.2 Å². The first kappa shape index (κ1) is 22.7. The van der Waals surface area contributed by atoms with Crippen LogP contribution in [0.4, 0.5) is 0 Å². The molecule has 0 aliphatic carbocycles. The van der Waals surface area contributed by atoms with Crippen LogP contribution in [0, 0.1) is 23.8 Å². The van der Waals surface area contributed by atoms with E-state index in [0.717, 1.165) is 57.4 Å². The van der Waals surface area contributed by atoms with E-state index in [1.54, 1.807) is 6.07 Å². The van der Waals surface area contributed by atoms with E-state index in [-0.39, 0.29) is 18.9 Å². The minimum Gasteiger partial charge on any atom is -0.471 e. The van der Waals surface area contributed by atoms with Gasteiger partial charge in [-0.05, 0) is 18.9 Å². The third kappa shape index (κ3) is 10.9. The average molecular weight is 348 g/mol. The zero-order chi connectivity index (χ0) is 18.9. The summed E-state index contributed by atoms with van der Waals surface area (Å²) in [5.74, 6) is -2.82. The maximum atomic E-state index is 11.9. The predicted molar refractivity (Wildman–Crippen MR) is 94.0 cm³/mol. The van der Waals surface area contributed by atoms with Gasteiger partial charge in [0.2, 0.25) is 0 Å². The molecule has 138 valence electrons. The number of esters is 2. The molecule has 0 saturated carbocycles. The molecule has 0 N–H and O–H groups in total. The molecule has 1 atom stereocenters. The molecule has 0 aromatic rings. The summed E-state index contributed by atoms with van der Waals surface area (Å²) in [7, 11) is 0. The Hall–Kier alpha value is -2.34. The van der Waals surface area contributed by atoms with E-state index in [9.17, 15) is 9.59 Å². The molecule has 1 unspecified atom stereocenters. The van der Waals surface area contributed by atoms with Gasteiger partial charge in [0, 0.05) is 0 Å². The highest BCUT2D eigenvalue weighted by molar-refractivity contribution is 5.92. The number of unbranched alkanes of at least 4 members (excludes halogenated alkanes) is 6. The highest BCUT2D eigenvalue weighted by Crippen LogP contribution is 2.10. The number of nitriles is 1. The van der Waals surface area contributed by atoms with Crippen LogP contribution in [0.2, 0.25) is 0 Å². The lowest BCUT2D eigenvalue weighted by Crippen LogP contribution is -2.17. The molecule has 0 spiro atoms. The third-order valence-corrected chi connectivity index (χ3v) is 3.52. The molecule has 6 heteroatoms. The van der Waals surface area contributed by atoms with Gasteiger partial charge in [-0.3, -0.25) is 9.59 Å². The molecule has 0 aliphatic rings. The summed E-state index contributed by atoms with van der Waals surface area (Å²) in [5.41, 5.74) is -0.357. The fourth-order valence-electron chi connectivity index (χ4n) is 2.03. The van der Waals surface area contributed by atoms with Gasteiger partial charge in [0.25, 0.3) is 5.70 Å². The number of hydrogen-bond donors (Lipinski definition) is 0. The molecule has 0 radical (unpaired) electrons. The Balaban J connectivity index is 4.47. The standard InChI is InChI=1S/C19H28N2O4/c1-4-6-8-10-12-24-18(22)16(15-20)14-17(21-3)19(23)25-13-11-9-7-5-2/h14,16H,4-13H2,1-2H3. The van der Waals surface area contributed by atoms with Crippen LogP contribution in [0.15, 0.2) is 11.8 Å². The third-order valence-electron chi connectivity index (χ3n) is 3.52. The molecule has 0 amide bonds. The smallest absolute Gasteiger partial charge is 0.335 e. The summed E-state index contributed by atoms with van der Waals surface area (Å²) < 4.78 is 10.0. The number of nitrogens with zero attached hydrogens (tertiary/aromatic N) is 2. The minimum atomic E-state index is -1.28. The van der Waals surface area contributed by atoms with Crippen molar-refractivity contribution in [2.75, 3.05) is 13.2 Å². The first-order valence-electron chi connectivity index (χ1n) is 8.93. The van der Waals surface area contributed by atoms with Crippen LogP contribution < -0.4 is 0 Å². The van der Waals surface area contributed by atoms with Gasteiger partial charge in [-0.2, -0.15) is 5.26 Å². The van der Waals surface area contributed by atoms with E-state index < -0.39 is 17.9 Å². The zero-order valence-corrected chi connectivity index (χ0v) is 15.3. The average Bonchev–Trinajstić information content (AvgIpc) is 2.62. The van der Waals surface area contributed by atoms with E-state index in [1.165, 1.54) is 0 Å². The molecule has 0 aromatic heterocycles. The van der Waals surface area contributed by atoms with E-state index in [0.29, 0.717) is 0 Å². The van der Waals surface area contributed by atoms with Gasteiger partial charge in [-0.1, -0.05) is 52.4 Å². The molecule has 0 heterocycles. The molecule has 0 fully saturated rings. The molecule has 0 bridgehead atoms. The lowest BCUT2D eigenvalue weighted by Gasteiger charge is -2.07. The number of ether oxygens (including phenoxy) is 2. The van der Waals surface area contributed by atoms with Crippen molar-refractivity contribution in [1.29, 1.82) is 5.26 Å². The van der Waals surface area contributed by atoms with Crippen molar-refractivity contribution in [2.45, 2.75) is 65.2 Å². The zero-order valence-electron chi connectivity index (χ0n) is 15.3. The Morgan fingerprint density at radius 2 is 1.60 bits per heavy atom. The molecule has 0 saturated heterocycles. The summed E-state index contributed by atoms with van der Waals surface area (Å²) in [5, 5.41) is 9.09. The van der Waals surface area contributed by atoms with E-state index in [1.807, 2.05) is 0 Å². The fourth-order valence-corrected chi connectivity index (χ4v) is 2.03. The second-order valence-corrected chi connectivity index (χ2v) is 5.70. The Morgan fingerprint density at radius 1 is 1.04 bits per heavy atom. The van der Waals surface area contributed by atoms with Crippen LogP contribution in [0.25, 0.3) is 4.85 Å². The van der Waals surface area contributed by atoms with Crippen LogP contribution in [-0.2, 0) is 19.1 Å². The Morgan fingerprint density at radius 3 is 2.08 bits per heavy atom. The summed E-state index contributed by atoms with van der Waals surface area (Å²) in [6.45, 7) is 11.7. The lowest BCUT2D eigenvalue weighted by molar-refractivity contribution is -0.145. The lowest BCUT2D eigenvalue weighted by atomic mass is 10.1. The summed E-state index contributed by atoms with van der Waals surface area (Å²) in [6, 6.07) is 1.76. The maximum absolute atomic E-state index is 11.9. The molecular formula is C19H28N2O4. The largest absolute Gasteiger partial charge is 0.471 e. The fraction of sp³-hybridized carbons (Fsp3) is 0.684. The number of carbonyl (C=O) groups excluding carboxylic acids is 2. The van der Waals surface area contributed by atoms with E-state index >= 15 is 0 Å². The number of rotatable bonds is 13. The van der Waals surface area contributed by atoms with Gasteiger partial charge < -0.3 is 9.47 Å². The molecule has 0 aromatic carbocycles. The Labute approximate surface area is 150 Å². The van der Waals surface area contributed by atoms with Crippen LogP contribution >= 0.6 is 0 Å². The van der Waals surface area contributed by atoms with Crippen molar-refractivity contribution < 1.29 is 19.1 Å². The monoisotopic (exact) mass is 348 g/mol. The van der Waals surface area contributed by atoms with Gasteiger partial charge in [0.15, 0.2) is 5.92 Å². The number of hydrogen-bond acceptors (Lipinski definition) is 5. The van der Waals surface area contributed by atoms with Gasteiger partial charge in [0.1, 0.15) is 0 Å². The minimum absolute atomic E-state index is 0.227. The van der Waals surface area contributed by atoms with E-state index in [4.69, 9.17) is 21.3 Å². The Kier molecular flexibility index (Phi) is 13.8. The van der Waals surface area contributed by atoms with Crippen molar-refractivity contribution >= 4 is 11.9 Å². The second-order valence-electron chi connectivity index (χ2n) is 5.70. The molecule has 6 nitrogen and oxygen atoms in total. The highest BCUT2D eigenvalue weighted by atomic mass is 16.5. The molecule has 0 rings (SSSR count). The van der Waals surface area contributed by atoms with E-state index in [2.05, 4.69) is 18.7 Å². The Bertz CT molecular complexity index is 514. The van der Waals surface area contributed by atoms with Crippen LogP contribution in [0.5, 0.6) is 0 Å². The van der Waals surface area contributed by atoms with Crippen molar-refractivity contribution in [3.05, 3.63) is 23.2 Å². The first-order valence-corrected chi connectivity index (χ1v) is 8.93. The van der Waals surface area contributed by atoms with Crippen LogP contribution in [0.1, 0.15) is 65.2 Å². The van der Waals surface area contributed by atoms with Crippen molar-refractivity contribution in [1.82, 2.24) is 0 Å². The normalized spacial score (nSPS) is 11.9. The summed E-state index contributed by atoms with van der Waals surface area (Å²) in [4.78, 5) is 26.8. The maximum Gasteiger partial charge on any atom is 0.335 e. The first-order chi connectivity index (χ1) is 12.1. The SMILES string of the molecule is [C-]#[N+]C(=CC(C#N)C(=O)OCCCCCC)C(=O)OCCCCCC. The predicted octanol–water partition coefficient (Wildman–Crippen LogP) is 4.18. The van der Waals surface area contributed by atoms with Crippen molar-refractivity contribution in [3.8, 4) is 6.07 Å². The highest BCUT2D eigenvalue weighted by Gasteiger charge is 2.21. The van der Waals surface area contributed by atoms with Gasteiger partial charge in [-0.25, -0.2) is 4.85 Å². The summed E-state index contributed by atoms with van der Waals surface area (Å²) in [6.07, 6.45) is 8.66. The van der Waals surface area contributed by atoms with Gasteiger partial charge in [-0.15, -0.1) is 0 Å². The van der Waals surface area contributed by atoms with Crippen LogP contribution in [0.3, 0.4) is 0 Å². The topological polar surface area (TPSA) is 80.8 Å². The number of carbonyl (C=O) groups is 2.